The van der Waals surface area contributed by atoms with E-state index in [9.17, 15) is 4.79 Å². The zero-order valence-electron chi connectivity index (χ0n) is 10.5. The minimum Gasteiger partial charge on any atom is -0.379 e. The number of hydrazine groups is 1. The summed E-state index contributed by atoms with van der Waals surface area (Å²) in [5, 5.41) is 3.03. The number of carbonyl (C=O) groups excluding carboxylic acids is 1. The summed E-state index contributed by atoms with van der Waals surface area (Å²) in [6.07, 6.45) is 1.92. The zero-order chi connectivity index (χ0) is 13.0. The van der Waals surface area contributed by atoms with Gasteiger partial charge in [0.25, 0.3) is 5.91 Å². The van der Waals surface area contributed by atoms with Gasteiger partial charge in [-0.05, 0) is 44.0 Å². The highest BCUT2D eigenvalue weighted by Crippen LogP contribution is 2.19. The van der Waals surface area contributed by atoms with Crippen LogP contribution in [0.5, 0.6) is 0 Å². The van der Waals surface area contributed by atoms with Gasteiger partial charge in [0, 0.05) is 17.9 Å². The molecule has 1 unspecified atom stereocenters. The second-order valence-electron chi connectivity index (χ2n) is 4.89. The van der Waals surface area contributed by atoms with E-state index in [1.54, 1.807) is 24.3 Å². The fourth-order valence-corrected chi connectivity index (χ4v) is 2.10. The third-order valence-electron chi connectivity index (χ3n) is 3.17. The Labute approximate surface area is 107 Å². The maximum absolute atomic E-state index is 12.1. The Balaban J connectivity index is 2.02. The Morgan fingerprint density at radius 2 is 2.11 bits per heavy atom. The average Bonchev–Trinajstić information content (AvgIpc) is 2.39. The van der Waals surface area contributed by atoms with Gasteiger partial charge in [-0.2, -0.15) is 0 Å². The molecule has 1 heterocycles. The Kier molecular flexibility index (Phi) is 3.84. The zero-order valence-corrected chi connectivity index (χ0v) is 10.5. The number of hydrogen-bond acceptors (Lipinski definition) is 4. The molecule has 1 saturated heterocycles. The van der Waals surface area contributed by atoms with Crippen molar-refractivity contribution in [1.82, 2.24) is 5.32 Å². The van der Waals surface area contributed by atoms with Crippen LogP contribution in [0, 0.1) is 0 Å². The minimum absolute atomic E-state index is 0.0772. The molecule has 18 heavy (non-hydrogen) atoms. The molecule has 4 N–H and O–H groups in total. The number of rotatable bonds is 3. The number of ether oxygens (including phenoxy) is 1. The maximum Gasteiger partial charge on any atom is 0.251 e. The molecule has 1 aliphatic heterocycles. The molecular weight excluding hydrogens is 230 g/mol. The summed E-state index contributed by atoms with van der Waals surface area (Å²) >= 11 is 0. The van der Waals surface area contributed by atoms with Crippen LogP contribution in [0.2, 0.25) is 0 Å². The van der Waals surface area contributed by atoms with Gasteiger partial charge in [0.15, 0.2) is 0 Å². The van der Waals surface area contributed by atoms with Crippen LogP contribution in [0.15, 0.2) is 24.3 Å². The number of nitrogens with one attached hydrogen (secondary N) is 2. The topological polar surface area (TPSA) is 76.4 Å². The Morgan fingerprint density at radius 3 is 2.67 bits per heavy atom. The van der Waals surface area contributed by atoms with Crippen molar-refractivity contribution in [2.75, 3.05) is 18.6 Å². The van der Waals surface area contributed by atoms with Gasteiger partial charge in [0.2, 0.25) is 0 Å². The van der Waals surface area contributed by atoms with E-state index in [4.69, 9.17) is 10.6 Å². The molecule has 1 aromatic rings. The second kappa shape index (κ2) is 5.37. The molecule has 5 nitrogen and oxygen atoms in total. The van der Waals surface area contributed by atoms with Crippen molar-refractivity contribution in [2.24, 2.45) is 5.84 Å². The van der Waals surface area contributed by atoms with Gasteiger partial charge in [-0.15, -0.1) is 0 Å². The first-order chi connectivity index (χ1) is 8.63. The highest BCUT2D eigenvalue weighted by atomic mass is 16.5. The van der Waals surface area contributed by atoms with Crippen LogP contribution in [-0.2, 0) is 4.74 Å². The van der Waals surface area contributed by atoms with Crippen LogP contribution in [0.1, 0.15) is 30.1 Å². The molecule has 1 aromatic carbocycles. The lowest BCUT2D eigenvalue weighted by atomic mass is 9.94. The van der Waals surface area contributed by atoms with Gasteiger partial charge in [-0.25, -0.2) is 0 Å². The van der Waals surface area contributed by atoms with Crippen LogP contribution in [0.4, 0.5) is 5.69 Å². The minimum atomic E-state index is -0.264. The molecule has 2 rings (SSSR count). The Bertz CT molecular complexity index is 411. The van der Waals surface area contributed by atoms with Crippen molar-refractivity contribution < 1.29 is 9.53 Å². The lowest BCUT2D eigenvalue weighted by Gasteiger charge is -2.34. The highest BCUT2D eigenvalue weighted by Gasteiger charge is 2.29. The molecule has 1 aliphatic rings. The van der Waals surface area contributed by atoms with Crippen LogP contribution in [0.3, 0.4) is 0 Å². The number of benzene rings is 1. The van der Waals surface area contributed by atoms with E-state index >= 15 is 0 Å². The van der Waals surface area contributed by atoms with Crippen molar-refractivity contribution >= 4 is 11.6 Å². The molecule has 0 aliphatic carbocycles. The fraction of sp³-hybridized carbons (Fsp3) is 0.462. The number of nitrogens with two attached hydrogens (primary N) is 1. The molecule has 5 heteroatoms. The highest BCUT2D eigenvalue weighted by molar-refractivity contribution is 5.95. The van der Waals surface area contributed by atoms with E-state index in [0.29, 0.717) is 12.2 Å². The van der Waals surface area contributed by atoms with E-state index in [1.807, 2.05) is 6.92 Å². The molecule has 0 saturated carbocycles. The molecule has 0 radical (unpaired) electrons. The average molecular weight is 249 g/mol. The second-order valence-corrected chi connectivity index (χ2v) is 4.89. The predicted octanol–water partition coefficient (Wildman–Crippen LogP) is 1.27. The summed E-state index contributed by atoms with van der Waals surface area (Å²) in [6, 6.07) is 7.04. The summed E-state index contributed by atoms with van der Waals surface area (Å²) < 4.78 is 5.42. The number of hydrogen-bond donors (Lipinski definition) is 3. The molecule has 0 bridgehead atoms. The first-order valence-corrected chi connectivity index (χ1v) is 6.10. The summed E-state index contributed by atoms with van der Waals surface area (Å²) in [5.41, 5.74) is 3.67. The van der Waals surface area contributed by atoms with Gasteiger partial charge >= 0.3 is 0 Å². The molecular formula is C13H19N3O2. The lowest BCUT2D eigenvalue weighted by molar-refractivity contribution is 0.0272. The third-order valence-corrected chi connectivity index (χ3v) is 3.17. The molecule has 1 amide bonds. The predicted molar refractivity (Wildman–Crippen MR) is 70.2 cm³/mol. The van der Waals surface area contributed by atoms with Crippen LogP contribution >= 0.6 is 0 Å². The van der Waals surface area contributed by atoms with Crippen molar-refractivity contribution in [3.63, 3.8) is 0 Å². The maximum atomic E-state index is 12.1. The summed E-state index contributed by atoms with van der Waals surface area (Å²) in [4.78, 5) is 12.1. The van der Waals surface area contributed by atoms with E-state index in [0.717, 1.165) is 25.1 Å². The normalized spacial score (nSPS) is 23.4. The molecule has 1 atom stereocenters. The summed E-state index contributed by atoms with van der Waals surface area (Å²) in [5.74, 6) is 5.20. The SMILES string of the molecule is CC1(NC(=O)c2ccc(NN)cc2)CCCOC1. The number of nitrogen functional groups attached to an aromatic ring is 1. The van der Waals surface area contributed by atoms with Crippen LogP contribution < -0.4 is 16.6 Å². The quantitative estimate of drug-likeness (QED) is 0.557. The van der Waals surface area contributed by atoms with Crippen molar-refractivity contribution in [1.29, 1.82) is 0 Å². The molecule has 98 valence electrons. The van der Waals surface area contributed by atoms with Crippen molar-refractivity contribution in [3.05, 3.63) is 29.8 Å². The largest absolute Gasteiger partial charge is 0.379 e. The smallest absolute Gasteiger partial charge is 0.251 e. The van der Waals surface area contributed by atoms with E-state index in [2.05, 4.69) is 10.7 Å². The Morgan fingerprint density at radius 1 is 1.39 bits per heavy atom. The lowest BCUT2D eigenvalue weighted by Crippen LogP contribution is -2.51. The van der Waals surface area contributed by atoms with E-state index in [-0.39, 0.29) is 11.4 Å². The number of amides is 1. The van der Waals surface area contributed by atoms with E-state index < -0.39 is 0 Å². The third kappa shape index (κ3) is 3.00. The summed E-state index contributed by atoms with van der Waals surface area (Å²) in [7, 11) is 0. The van der Waals surface area contributed by atoms with Gasteiger partial charge < -0.3 is 15.5 Å². The van der Waals surface area contributed by atoms with Gasteiger partial charge in [-0.3, -0.25) is 10.6 Å². The fourth-order valence-electron chi connectivity index (χ4n) is 2.10. The van der Waals surface area contributed by atoms with Gasteiger partial charge in [0.1, 0.15) is 0 Å². The number of anilines is 1. The standard InChI is InChI=1S/C13H19N3O2/c1-13(7-2-8-18-9-13)15-12(17)10-3-5-11(16-14)6-4-10/h3-6,16H,2,7-9,14H2,1H3,(H,15,17). The molecule has 0 spiro atoms. The molecule has 0 aromatic heterocycles. The van der Waals surface area contributed by atoms with Crippen molar-refractivity contribution in [2.45, 2.75) is 25.3 Å². The van der Waals surface area contributed by atoms with Gasteiger partial charge in [-0.1, -0.05) is 0 Å². The monoisotopic (exact) mass is 249 g/mol. The van der Waals surface area contributed by atoms with Gasteiger partial charge in [0.05, 0.1) is 12.1 Å². The molecule has 1 fully saturated rings. The van der Waals surface area contributed by atoms with E-state index in [1.165, 1.54) is 0 Å². The first-order valence-electron chi connectivity index (χ1n) is 6.10. The number of carbonyl (C=O) groups is 1. The van der Waals surface area contributed by atoms with Crippen LogP contribution in [-0.4, -0.2) is 24.7 Å². The van der Waals surface area contributed by atoms with Crippen LogP contribution in [0.25, 0.3) is 0 Å². The summed E-state index contributed by atoms with van der Waals surface area (Å²) in [6.45, 7) is 3.36. The Hall–Kier alpha value is -1.59. The first kappa shape index (κ1) is 12.9. The van der Waals surface area contributed by atoms with Crippen molar-refractivity contribution in [3.8, 4) is 0 Å².